The van der Waals surface area contributed by atoms with Crippen molar-refractivity contribution in [2.24, 2.45) is 0 Å². The molecule has 3 aromatic heterocycles. The molecule has 0 radical (unpaired) electrons. The van der Waals surface area contributed by atoms with Gasteiger partial charge in [0.2, 0.25) is 11.8 Å². The Labute approximate surface area is 189 Å². The van der Waals surface area contributed by atoms with E-state index in [1.807, 2.05) is 14.0 Å². The molecular formula is C21H26FN7O4. The third kappa shape index (κ3) is 5.52. The van der Waals surface area contributed by atoms with Crippen LogP contribution in [0.5, 0.6) is 5.88 Å². The van der Waals surface area contributed by atoms with Crippen molar-refractivity contribution in [2.45, 2.75) is 26.3 Å². The Kier molecular flexibility index (Phi) is 7.72. The lowest BCUT2D eigenvalue weighted by molar-refractivity contribution is -0.122. The van der Waals surface area contributed by atoms with Gasteiger partial charge in [0.1, 0.15) is 5.56 Å². The summed E-state index contributed by atoms with van der Waals surface area (Å²) >= 11 is 0. The van der Waals surface area contributed by atoms with E-state index in [0.29, 0.717) is 30.0 Å². The second-order valence-electron chi connectivity index (χ2n) is 7.29. The van der Waals surface area contributed by atoms with Gasteiger partial charge in [-0.05, 0) is 27.3 Å². The van der Waals surface area contributed by atoms with Crippen LogP contribution in [0.15, 0.2) is 24.7 Å². The highest BCUT2D eigenvalue weighted by Gasteiger charge is 2.25. The molecular weight excluding hydrogens is 433 g/mol. The zero-order valence-corrected chi connectivity index (χ0v) is 18.6. The molecule has 0 aromatic carbocycles. The molecule has 1 saturated heterocycles. The molecule has 11 nitrogen and oxygen atoms in total. The summed E-state index contributed by atoms with van der Waals surface area (Å²) in [5, 5.41) is 12.8. The molecule has 33 heavy (non-hydrogen) atoms. The topological polar surface area (TPSA) is 134 Å². The number of fused-ring (bicyclic) bond motifs is 1. The zero-order valence-electron chi connectivity index (χ0n) is 18.6. The highest BCUT2D eigenvalue weighted by atomic mass is 19.1. The van der Waals surface area contributed by atoms with Gasteiger partial charge in [-0.3, -0.25) is 9.59 Å². The first-order chi connectivity index (χ1) is 15.9. The van der Waals surface area contributed by atoms with Crippen LogP contribution in [0.25, 0.3) is 5.65 Å². The summed E-state index contributed by atoms with van der Waals surface area (Å²) in [4.78, 5) is 36.2. The number of carbonyl (C=O) groups is 2. The molecule has 1 fully saturated rings. The number of amides is 1. The number of ether oxygens (including phenoxy) is 1. The summed E-state index contributed by atoms with van der Waals surface area (Å²) in [7, 11) is 1.93. The first-order valence-corrected chi connectivity index (χ1v) is 10.4. The van der Waals surface area contributed by atoms with Gasteiger partial charge in [0, 0.05) is 43.8 Å². The number of nitrogens with one attached hydrogen (secondary N) is 2. The van der Waals surface area contributed by atoms with E-state index in [9.17, 15) is 9.18 Å². The molecule has 12 heteroatoms. The van der Waals surface area contributed by atoms with E-state index in [4.69, 9.17) is 14.6 Å². The average Bonchev–Trinajstić information content (AvgIpc) is 3.41. The molecule has 1 atom stereocenters. The molecule has 1 aliphatic rings. The summed E-state index contributed by atoms with van der Waals surface area (Å²) in [5.41, 5.74) is 1.37. The van der Waals surface area contributed by atoms with Gasteiger partial charge in [-0.1, -0.05) is 0 Å². The number of aryl methyl sites for hydroxylation is 1. The Hall–Kier alpha value is -3.80. The molecule has 1 amide bonds. The van der Waals surface area contributed by atoms with Crippen molar-refractivity contribution in [3.63, 3.8) is 0 Å². The minimum absolute atomic E-state index is 0.187. The molecule has 0 aliphatic carbocycles. The quantitative estimate of drug-likeness (QED) is 0.471. The monoisotopic (exact) mass is 459 g/mol. The van der Waals surface area contributed by atoms with Crippen LogP contribution in [0.2, 0.25) is 0 Å². The predicted molar refractivity (Wildman–Crippen MR) is 119 cm³/mol. The number of carboxylic acid groups (broad SMARTS) is 1. The number of nitrogens with zero attached hydrogens (tertiary/aromatic N) is 5. The summed E-state index contributed by atoms with van der Waals surface area (Å²) in [6.07, 6.45) is 5.74. The van der Waals surface area contributed by atoms with Crippen molar-refractivity contribution in [3.05, 3.63) is 41.7 Å². The first-order valence-electron chi connectivity index (χ1n) is 10.4. The van der Waals surface area contributed by atoms with Crippen molar-refractivity contribution >= 4 is 29.7 Å². The molecule has 3 N–H and O–H groups in total. The Morgan fingerprint density at radius 1 is 1.39 bits per heavy atom. The van der Waals surface area contributed by atoms with Gasteiger partial charge in [0.25, 0.3) is 12.4 Å². The van der Waals surface area contributed by atoms with E-state index in [0.717, 1.165) is 19.5 Å². The standard InChI is InChI=1S/C20H24FN7O2.CH2O2/c1-4-30-19-15(8-23-20(26-19)27-6-5-13(10-27)22-3)18(29)25-14-7-16(21)17-24-12(2)9-28(17)11-14;2-1-3/h7-9,11,13,22H,4-6,10H2,1-3H3,(H,25,29);1H,(H,2,3). The second kappa shape index (κ2) is 10.7. The first kappa shape index (κ1) is 23.9. The van der Waals surface area contributed by atoms with Gasteiger partial charge in [-0.2, -0.15) is 4.98 Å². The number of rotatable bonds is 6. The van der Waals surface area contributed by atoms with Crippen LogP contribution in [0, 0.1) is 12.7 Å². The molecule has 0 saturated carbocycles. The number of imidazole rings is 1. The zero-order chi connectivity index (χ0) is 24.0. The summed E-state index contributed by atoms with van der Waals surface area (Å²) < 4.78 is 21.4. The van der Waals surface area contributed by atoms with E-state index < -0.39 is 11.7 Å². The number of aromatic nitrogens is 4. The molecule has 176 valence electrons. The lowest BCUT2D eigenvalue weighted by Gasteiger charge is -2.18. The third-order valence-corrected chi connectivity index (χ3v) is 5.03. The van der Waals surface area contributed by atoms with Crippen LogP contribution >= 0.6 is 0 Å². The van der Waals surface area contributed by atoms with E-state index >= 15 is 0 Å². The SMILES string of the molecule is CCOc1nc(N2CCC(NC)C2)ncc1C(=O)Nc1cc(F)c2nc(C)cn2c1.O=CO. The Balaban J connectivity index is 0.000000968. The summed E-state index contributed by atoms with van der Waals surface area (Å²) in [6, 6.07) is 1.61. The van der Waals surface area contributed by atoms with Gasteiger partial charge in [0.05, 0.1) is 18.0 Å². The van der Waals surface area contributed by atoms with Gasteiger partial charge < -0.3 is 29.8 Å². The number of likely N-dealkylation sites (N-methyl/N-ethyl adjacent to an activating group) is 1. The summed E-state index contributed by atoms with van der Waals surface area (Å²) in [5.74, 6) is -0.275. The number of pyridine rings is 1. The van der Waals surface area contributed by atoms with Crippen LogP contribution < -0.4 is 20.3 Å². The van der Waals surface area contributed by atoms with Crippen molar-refractivity contribution in [3.8, 4) is 5.88 Å². The van der Waals surface area contributed by atoms with Crippen molar-refractivity contribution in [2.75, 3.05) is 37.0 Å². The van der Waals surface area contributed by atoms with E-state index in [1.165, 1.54) is 16.7 Å². The van der Waals surface area contributed by atoms with Crippen LogP contribution in [-0.2, 0) is 4.79 Å². The molecule has 0 bridgehead atoms. The summed E-state index contributed by atoms with van der Waals surface area (Å²) in [6.45, 7) is 5.31. The molecule has 4 heterocycles. The van der Waals surface area contributed by atoms with Crippen LogP contribution in [0.1, 0.15) is 29.4 Å². The molecule has 1 aliphatic heterocycles. The molecule has 1 unspecified atom stereocenters. The Morgan fingerprint density at radius 2 is 2.15 bits per heavy atom. The maximum Gasteiger partial charge on any atom is 0.290 e. The number of anilines is 2. The highest BCUT2D eigenvalue weighted by molar-refractivity contribution is 6.05. The van der Waals surface area contributed by atoms with Crippen LogP contribution in [-0.4, -0.2) is 69.6 Å². The fourth-order valence-corrected chi connectivity index (χ4v) is 3.54. The molecule has 0 spiro atoms. The number of hydrogen-bond acceptors (Lipinski definition) is 8. The number of carbonyl (C=O) groups excluding carboxylic acids is 1. The average molecular weight is 459 g/mol. The fourth-order valence-electron chi connectivity index (χ4n) is 3.54. The van der Waals surface area contributed by atoms with Crippen molar-refractivity contribution in [1.29, 1.82) is 0 Å². The minimum Gasteiger partial charge on any atom is -0.483 e. The minimum atomic E-state index is -0.523. The smallest absolute Gasteiger partial charge is 0.290 e. The van der Waals surface area contributed by atoms with Gasteiger partial charge in [-0.25, -0.2) is 14.4 Å². The van der Waals surface area contributed by atoms with Crippen LogP contribution in [0.4, 0.5) is 16.0 Å². The predicted octanol–water partition coefficient (Wildman–Crippen LogP) is 1.72. The lowest BCUT2D eigenvalue weighted by atomic mass is 10.3. The van der Waals surface area contributed by atoms with Crippen molar-refractivity contribution in [1.82, 2.24) is 24.7 Å². The Bertz CT molecular complexity index is 1140. The molecule has 4 rings (SSSR count). The third-order valence-electron chi connectivity index (χ3n) is 5.03. The van der Waals surface area contributed by atoms with Gasteiger partial charge in [-0.15, -0.1) is 0 Å². The highest BCUT2D eigenvalue weighted by Crippen LogP contribution is 2.23. The van der Waals surface area contributed by atoms with Crippen molar-refractivity contribution < 1.29 is 23.8 Å². The lowest BCUT2D eigenvalue weighted by Crippen LogP contribution is -2.30. The number of hydrogen-bond donors (Lipinski definition) is 3. The second-order valence-corrected chi connectivity index (χ2v) is 7.29. The maximum absolute atomic E-state index is 14.3. The van der Waals surface area contributed by atoms with Gasteiger partial charge in [0.15, 0.2) is 11.5 Å². The normalized spacial score (nSPS) is 15.2. The van der Waals surface area contributed by atoms with Gasteiger partial charge >= 0.3 is 0 Å². The molecule has 3 aromatic rings. The largest absolute Gasteiger partial charge is 0.483 e. The number of halogens is 1. The Morgan fingerprint density at radius 3 is 2.82 bits per heavy atom. The van der Waals surface area contributed by atoms with E-state index in [1.54, 1.807) is 19.3 Å². The van der Waals surface area contributed by atoms with E-state index in [-0.39, 0.29) is 23.6 Å². The fraction of sp³-hybridized carbons (Fsp3) is 0.381. The van der Waals surface area contributed by atoms with Crippen LogP contribution in [0.3, 0.4) is 0 Å². The maximum atomic E-state index is 14.3. The van der Waals surface area contributed by atoms with E-state index in [2.05, 4.69) is 30.5 Å².